The van der Waals surface area contributed by atoms with E-state index in [0.717, 1.165) is 11.1 Å². The molecule has 2 aromatic rings. The Hall–Kier alpha value is -2.38. The summed E-state index contributed by atoms with van der Waals surface area (Å²) in [6.07, 6.45) is 0.428. The number of halogens is 1. The lowest BCUT2D eigenvalue weighted by molar-refractivity contribution is -0.384. The Morgan fingerprint density at radius 2 is 1.95 bits per heavy atom. The van der Waals surface area contributed by atoms with Crippen LogP contribution in [0.3, 0.4) is 0 Å². The van der Waals surface area contributed by atoms with Crippen molar-refractivity contribution in [3.8, 4) is 6.07 Å². The first-order valence-electron chi connectivity index (χ1n) is 5.99. The largest absolute Gasteiger partial charge is 0.270 e. The molecule has 0 aliphatic carbocycles. The number of nitriles is 1. The minimum absolute atomic E-state index is 0.0491. The number of non-ortho nitro benzene ring substituents is 1. The Labute approximate surface area is 121 Å². The molecule has 0 amide bonds. The first-order chi connectivity index (χ1) is 9.61. The number of benzene rings is 2. The second-order valence-corrected chi connectivity index (χ2v) is 4.74. The van der Waals surface area contributed by atoms with Crippen molar-refractivity contribution in [2.75, 3.05) is 0 Å². The Morgan fingerprint density at radius 3 is 2.50 bits per heavy atom. The average molecular weight is 287 g/mol. The molecule has 0 fully saturated rings. The van der Waals surface area contributed by atoms with Gasteiger partial charge in [0.05, 0.1) is 21.9 Å². The normalized spacial score (nSPS) is 11.6. The molecule has 5 heteroatoms. The molecular weight excluding hydrogens is 276 g/mol. The van der Waals surface area contributed by atoms with E-state index < -0.39 is 4.92 Å². The summed E-state index contributed by atoms with van der Waals surface area (Å²) in [6, 6.07) is 16.0. The van der Waals surface area contributed by atoms with E-state index in [0.29, 0.717) is 11.4 Å². The van der Waals surface area contributed by atoms with Gasteiger partial charge in [-0.15, -0.1) is 0 Å². The van der Waals surface area contributed by atoms with Crippen molar-refractivity contribution in [2.24, 2.45) is 0 Å². The van der Waals surface area contributed by atoms with Crippen molar-refractivity contribution in [3.63, 3.8) is 0 Å². The van der Waals surface area contributed by atoms with Crippen LogP contribution >= 0.6 is 11.6 Å². The van der Waals surface area contributed by atoms with Gasteiger partial charge >= 0.3 is 0 Å². The van der Waals surface area contributed by atoms with Gasteiger partial charge in [-0.05, 0) is 17.5 Å². The number of hydrogen-bond acceptors (Lipinski definition) is 3. The summed E-state index contributed by atoms with van der Waals surface area (Å²) in [5.41, 5.74) is 1.59. The molecule has 1 atom stereocenters. The Morgan fingerprint density at radius 1 is 1.25 bits per heavy atom. The van der Waals surface area contributed by atoms with Crippen molar-refractivity contribution in [3.05, 3.63) is 74.8 Å². The van der Waals surface area contributed by atoms with Gasteiger partial charge in [0.25, 0.3) is 5.69 Å². The molecule has 0 spiro atoms. The molecule has 0 aliphatic rings. The third-order valence-corrected chi connectivity index (χ3v) is 3.38. The molecule has 1 unspecified atom stereocenters. The zero-order valence-electron chi connectivity index (χ0n) is 10.5. The molecule has 0 radical (unpaired) electrons. The van der Waals surface area contributed by atoms with Crippen LogP contribution in [0.25, 0.3) is 0 Å². The summed E-state index contributed by atoms with van der Waals surface area (Å²) >= 11 is 6.05. The summed E-state index contributed by atoms with van der Waals surface area (Å²) in [6.45, 7) is 0. The highest BCUT2D eigenvalue weighted by atomic mass is 35.5. The highest BCUT2D eigenvalue weighted by Gasteiger charge is 2.15. The van der Waals surface area contributed by atoms with Gasteiger partial charge in [-0.1, -0.05) is 48.0 Å². The molecular formula is C15H11ClN2O2. The number of hydrogen-bond donors (Lipinski definition) is 0. The van der Waals surface area contributed by atoms with E-state index >= 15 is 0 Å². The predicted octanol–water partition coefficient (Wildman–Crippen LogP) is 4.10. The van der Waals surface area contributed by atoms with E-state index in [1.165, 1.54) is 12.1 Å². The molecule has 0 N–H and O–H groups in total. The van der Waals surface area contributed by atoms with E-state index in [1.54, 1.807) is 6.07 Å². The van der Waals surface area contributed by atoms with Crippen molar-refractivity contribution >= 4 is 17.3 Å². The quantitative estimate of drug-likeness (QED) is 0.628. The van der Waals surface area contributed by atoms with Crippen LogP contribution in [0.5, 0.6) is 0 Å². The van der Waals surface area contributed by atoms with Crippen LogP contribution < -0.4 is 0 Å². The van der Waals surface area contributed by atoms with Crippen LogP contribution in [-0.2, 0) is 6.42 Å². The van der Waals surface area contributed by atoms with Gasteiger partial charge in [0.2, 0.25) is 0 Å². The first kappa shape index (κ1) is 14.0. The van der Waals surface area contributed by atoms with Gasteiger partial charge in [0, 0.05) is 12.1 Å². The van der Waals surface area contributed by atoms with E-state index in [4.69, 9.17) is 11.6 Å². The topological polar surface area (TPSA) is 66.9 Å². The van der Waals surface area contributed by atoms with Crippen molar-refractivity contribution in [2.45, 2.75) is 12.3 Å². The highest BCUT2D eigenvalue weighted by Crippen LogP contribution is 2.27. The highest BCUT2D eigenvalue weighted by molar-refractivity contribution is 6.31. The first-order valence-corrected chi connectivity index (χ1v) is 6.37. The standard InChI is InChI=1S/C15H11ClN2O2/c16-15-9-14(18(19)20)7-6-12(15)8-13(10-17)11-4-2-1-3-5-11/h1-7,9,13H,8H2. The maximum atomic E-state index is 10.7. The minimum Gasteiger partial charge on any atom is -0.258 e. The zero-order chi connectivity index (χ0) is 14.5. The van der Waals surface area contributed by atoms with E-state index in [-0.39, 0.29) is 11.6 Å². The smallest absolute Gasteiger partial charge is 0.258 e. The van der Waals surface area contributed by atoms with E-state index in [9.17, 15) is 15.4 Å². The third-order valence-electron chi connectivity index (χ3n) is 3.03. The van der Waals surface area contributed by atoms with Gasteiger partial charge in [-0.3, -0.25) is 10.1 Å². The number of nitro groups is 1. The predicted molar refractivity (Wildman–Crippen MR) is 76.6 cm³/mol. The Balaban J connectivity index is 2.25. The van der Waals surface area contributed by atoms with Gasteiger partial charge in [0.15, 0.2) is 0 Å². The van der Waals surface area contributed by atoms with Gasteiger partial charge in [-0.25, -0.2) is 0 Å². The molecule has 100 valence electrons. The van der Waals surface area contributed by atoms with Crippen LogP contribution in [0.15, 0.2) is 48.5 Å². The fourth-order valence-electron chi connectivity index (χ4n) is 1.96. The number of nitrogens with zero attached hydrogens (tertiary/aromatic N) is 2. The average Bonchev–Trinajstić information content (AvgIpc) is 2.46. The third kappa shape index (κ3) is 3.14. The fourth-order valence-corrected chi connectivity index (χ4v) is 2.21. The van der Waals surface area contributed by atoms with E-state index in [2.05, 4.69) is 6.07 Å². The van der Waals surface area contributed by atoms with Gasteiger partial charge in [-0.2, -0.15) is 5.26 Å². The van der Waals surface area contributed by atoms with Crippen molar-refractivity contribution < 1.29 is 4.92 Å². The fraction of sp³-hybridized carbons (Fsp3) is 0.133. The SMILES string of the molecule is N#CC(Cc1ccc([N+](=O)[O-])cc1Cl)c1ccccc1. The van der Waals surface area contributed by atoms with Crippen LogP contribution in [0.4, 0.5) is 5.69 Å². The summed E-state index contributed by atoms with van der Waals surface area (Å²) in [7, 11) is 0. The molecule has 2 aromatic carbocycles. The summed E-state index contributed by atoms with van der Waals surface area (Å²) in [5.74, 6) is -0.324. The molecule has 20 heavy (non-hydrogen) atoms. The lowest BCUT2D eigenvalue weighted by atomic mass is 9.93. The van der Waals surface area contributed by atoms with Crippen molar-refractivity contribution in [1.29, 1.82) is 5.26 Å². The summed E-state index contributed by atoms with van der Waals surface area (Å²) in [5, 5.41) is 20.2. The van der Waals surface area contributed by atoms with Gasteiger partial charge in [0.1, 0.15) is 0 Å². The monoisotopic (exact) mass is 286 g/mol. The molecule has 2 rings (SSSR count). The van der Waals surface area contributed by atoms with Crippen LogP contribution in [0.1, 0.15) is 17.0 Å². The molecule has 0 aliphatic heterocycles. The van der Waals surface area contributed by atoms with Gasteiger partial charge < -0.3 is 0 Å². The van der Waals surface area contributed by atoms with Crippen LogP contribution in [0.2, 0.25) is 5.02 Å². The lowest BCUT2D eigenvalue weighted by Crippen LogP contribution is -2.01. The maximum absolute atomic E-state index is 10.7. The molecule has 0 bridgehead atoms. The maximum Gasteiger partial charge on any atom is 0.270 e. The summed E-state index contributed by atoms with van der Waals surface area (Å²) in [4.78, 5) is 10.2. The van der Waals surface area contributed by atoms with Crippen LogP contribution in [0, 0.1) is 21.4 Å². The Bertz CT molecular complexity index is 665. The Kier molecular flexibility index (Phi) is 4.34. The number of nitro benzene ring substituents is 1. The molecule has 0 saturated carbocycles. The molecule has 0 heterocycles. The second kappa shape index (κ2) is 6.18. The second-order valence-electron chi connectivity index (χ2n) is 4.33. The molecule has 0 aromatic heterocycles. The minimum atomic E-state index is -0.491. The van der Waals surface area contributed by atoms with Crippen LogP contribution in [-0.4, -0.2) is 4.92 Å². The molecule has 0 saturated heterocycles. The van der Waals surface area contributed by atoms with E-state index in [1.807, 2.05) is 30.3 Å². The summed E-state index contributed by atoms with van der Waals surface area (Å²) < 4.78 is 0. The lowest BCUT2D eigenvalue weighted by Gasteiger charge is -2.10. The zero-order valence-corrected chi connectivity index (χ0v) is 11.2. The molecule has 4 nitrogen and oxygen atoms in total. The number of rotatable bonds is 4. The van der Waals surface area contributed by atoms with Crippen molar-refractivity contribution in [1.82, 2.24) is 0 Å².